The maximum Gasteiger partial charge on any atom is 0.239 e. The van der Waals surface area contributed by atoms with Gasteiger partial charge >= 0.3 is 0 Å². The van der Waals surface area contributed by atoms with Crippen molar-refractivity contribution in [2.75, 3.05) is 12.4 Å². The van der Waals surface area contributed by atoms with E-state index in [1.165, 1.54) is 0 Å². The molecule has 15 heavy (non-hydrogen) atoms. The van der Waals surface area contributed by atoms with Crippen molar-refractivity contribution in [1.82, 2.24) is 10.6 Å². The lowest BCUT2D eigenvalue weighted by atomic mass is 10.1. The van der Waals surface area contributed by atoms with Crippen LogP contribution in [0.4, 0.5) is 0 Å². The van der Waals surface area contributed by atoms with E-state index in [2.05, 4.69) is 10.6 Å². The predicted molar refractivity (Wildman–Crippen MR) is 60.9 cm³/mol. The fourth-order valence-electron chi connectivity index (χ4n) is 0.957. The lowest BCUT2D eigenvalue weighted by Gasteiger charge is -2.20. The van der Waals surface area contributed by atoms with E-state index in [1.54, 1.807) is 0 Å². The topological polar surface area (TPSA) is 58.2 Å². The van der Waals surface area contributed by atoms with Crippen LogP contribution >= 0.6 is 11.6 Å². The SMILES string of the molecule is CC(C)(C)NC(=O)CNC(=O)CCCCl. The summed E-state index contributed by atoms with van der Waals surface area (Å²) in [7, 11) is 0. The van der Waals surface area contributed by atoms with E-state index < -0.39 is 0 Å². The number of amides is 2. The first-order valence-electron chi connectivity index (χ1n) is 4.99. The van der Waals surface area contributed by atoms with Crippen LogP contribution in [0, 0.1) is 0 Å². The van der Waals surface area contributed by atoms with E-state index in [4.69, 9.17) is 11.6 Å². The minimum Gasteiger partial charge on any atom is -0.350 e. The molecule has 0 bridgehead atoms. The molecule has 0 radical (unpaired) electrons. The third-order valence-corrected chi connectivity index (χ3v) is 1.77. The Bertz CT molecular complexity index is 224. The lowest BCUT2D eigenvalue weighted by Crippen LogP contribution is -2.45. The van der Waals surface area contributed by atoms with Crippen LogP contribution in [0.5, 0.6) is 0 Å². The molecule has 2 amide bonds. The van der Waals surface area contributed by atoms with Gasteiger partial charge < -0.3 is 10.6 Å². The monoisotopic (exact) mass is 234 g/mol. The van der Waals surface area contributed by atoms with Crippen molar-refractivity contribution in [3.63, 3.8) is 0 Å². The van der Waals surface area contributed by atoms with E-state index >= 15 is 0 Å². The van der Waals surface area contributed by atoms with Gasteiger partial charge in [-0.15, -0.1) is 11.6 Å². The zero-order valence-corrected chi connectivity index (χ0v) is 10.3. The molecule has 0 saturated carbocycles. The molecule has 0 saturated heterocycles. The van der Waals surface area contributed by atoms with Crippen LogP contribution in [0.3, 0.4) is 0 Å². The van der Waals surface area contributed by atoms with E-state index in [-0.39, 0.29) is 23.9 Å². The van der Waals surface area contributed by atoms with Crippen molar-refractivity contribution in [2.24, 2.45) is 0 Å². The minimum atomic E-state index is -0.266. The molecule has 0 heterocycles. The molecule has 88 valence electrons. The molecular weight excluding hydrogens is 216 g/mol. The summed E-state index contributed by atoms with van der Waals surface area (Å²) in [6, 6.07) is 0. The highest BCUT2D eigenvalue weighted by molar-refractivity contribution is 6.17. The van der Waals surface area contributed by atoms with Gasteiger partial charge in [0.2, 0.25) is 11.8 Å². The largest absolute Gasteiger partial charge is 0.350 e. The minimum absolute atomic E-state index is 0.0262. The molecule has 0 aromatic heterocycles. The molecule has 2 N–H and O–H groups in total. The van der Waals surface area contributed by atoms with Crippen molar-refractivity contribution in [3.8, 4) is 0 Å². The highest BCUT2D eigenvalue weighted by Crippen LogP contribution is 1.97. The molecule has 0 aliphatic carbocycles. The Morgan fingerprint density at radius 2 is 1.80 bits per heavy atom. The van der Waals surface area contributed by atoms with Crippen molar-refractivity contribution in [3.05, 3.63) is 0 Å². The van der Waals surface area contributed by atoms with Crippen LogP contribution in [0.25, 0.3) is 0 Å². The first-order chi connectivity index (χ1) is 6.85. The Morgan fingerprint density at radius 3 is 2.27 bits per heavy atom. The summed E-state index contributed by atoms with van der Waals surface area (Å²) in [5.74, 6) is 0.142. The summed E-state index contributed by atoms with van der Waals surface area (Å²) in [6.07, 6.45) is 1.00. The molecule has 0 aromatic carbocycles. The zero-order valence-electron chi connectivity index (χ0n) is 9.52. The number of halogens is 1. The predicted octanol–water partition coefficient (Wildman–Crippen LogP) is 1.04. The molecule has 0 unspecified atom stereocenters. The Morgan fingerprint density at radius 1 is 1.20 bits per heavy atom. The number of carbonyl (C=O) groups is 2. The first-order valence-corrected chi connectivity index (χ1v) is 5.52. The summed E-state index contributed by atoms with van der Waals surface area (Å²) >= 11 is 5.44. The maximum atomic E-state index is 11.3. The maximum absolute atomic E-state index is 11.3. The van der Waals surface area contributed by atoms with Crippen molar-refractivity contribution >= 4 is 23.4 Å². The van der Waals surface area contributed by atoms with Gasteiger partial charge in [-0.25, -0.2) is 0 Å². The average Bonchev–Trinajstić information content (AvgIpc) is 2.08. The zero-order chi connectivity index (χ0) is 11.9. The Labute approximate surface area is 95.7 Å². The van der Waals surface area contributed by atoms with Crippen LogP contribution in [0.2, 0.25) is 0 Å². The van der Waals surface area contributed by atoms with Gasteiger partial charge in [0.15, 0.2) is 0 Å². The summed E-state index contributed by atoms with van der Waals surface area (Å²) in [4.78, 5) is 22.4. The quantitative estimate of drug-likeness (QED) is 0.699. The second kappa shape index (κ2) is 6.67. The first kappa shape index (κ1) is 14.2. The van der Waals surface area contributed by atoms with E-state index in [0.29, 0.717) is 18.7 Å². The number of nitrogens with one attached hydrogen (secondary N) is 2. The van der Waals surface area contributed by atoms with Gasteiger partial charge in [0, 0.05) is 17.8 Å². The van der Waals surface area contributed by atoms with Gasteiger partial charge in [-0.1, -0.05) is 0 Å². The fraction of sp³-hybridized carbons (Fsp3) is 0.800. The van der Waals surface area contributed by atoms with Crippen molar-refractivity contribution in [2.45, 2.75) is 39.2 Å². The smallest absolute Gasteiger partial charge is 0.239 e. The van der Waals surface area contributed by atoms with Crippen LogP contribution in [-0.4, -0.2) is 29.8 Å². The highest BCUT2D eigenvalue weighted by Gasteiger charge is 2.13. The Kier molecular flexibility index (Phi) is 6.32. The normalized spacial score (nSPS) is 10.9. The number of hydrogen-bond donors (Lipinski definition) is 2. The summed E-state index contributed by atoms with van der Waals surface area (Å²) in [5, 5.41) is 5.28. The highest BCUT2D eigenvalue weighted by atomic mass is 35.5. The Hall–Kier alpha value is -0.770. The Balaban J connectivity index is 3.67. The molecule has 0 aliphatic heterocycles. The fourth-order valence-corrected chi connectivity index (χ4v) is 1.09. The standard InChI is InChI=1S/C10H19ClN2O2/c1-10(2,3)13-9(15)7-12-8(14)5-4-6-11/h4-7H2,1-3H3,(H,12,14)(H,13,15). The second-order valence-electron chi connectivity index (χ2n) is 4.37. The number of alkyl halides is 1. The molecule has 0 fully saturated rings. The molecule has 4 nitrogen and oxygen atoms in total. The van der Waals surface area contributed by atoms with Gasteiger partial charge in [-0.2, -0.15) is 0 Å². The second-order valence-corrected chi connectivity index (χ2v) is 4.75. The third-order valence-electron chi connectivity index (χ3n) is 1.50. The van der Waals surface area contributed by atoms with Crippen LogP contribution in [0.15, 0.2) is 0 Å². The van der Waals surface area contributed by atoms with E-state index in [0.717, 1.165) is 0 Å². The van der Waals surface area contributed by atoms with Gasteiger partial charge in [-0.3, -0.25) is 9.59 Å². The van der Waals surface area contributed by atoms with Crippen molar-refractivity contribution in [1.29, 1.82) is 0 Å². The molecule has 5 heteroatoms. The number of carbonyl (C=O) groups excluding carboxylic acids is 2. The van der Waals surface area contributed by atoms with E-state index in [9.17, 15) is 9.59 Å². The molecular formula is C10H19ClN2O2. The summed E-state index contributed by atoms with van der Waals surface area (Å²) in [6.45, 7) is 5.69. The molecule has 0 spiro atoms. The molecule has 0 aromatic rings. The molecule has 0 aliphatic rings. The number of hydrogen-bond acceptors (Lipinski definition) is 2. The van der Waals surface area contributed by atoms with Crippen molar-refractivity contribution < 1.29 is 9.59 Å². The lowest BCUT2D eigenvalue weighted by molar-refractivity contribution is -0.126. The van der Waals surface area contributed by atoms with Gasteiger partial charge in [-0.05, 0) is 27.2 Å². The average molecular weight is 235 g/mol. The molecule has 0 rings (SSSR count). The number of rotatable bonds is 5. The van der Waals surface area contributed by atoms with Gasteiger partial charge in [0.25, 0.3) is 0 Å². The summed E-state index contributed by atoms with van der Waals surface area (Å²) in [5.41, 5.74) is -0.266. The summed E-state index contributed by atoms with van der Waals surface area (Å²) < 4.78 is 0. The van der Waals surface area contributed by atoms with E-state index in [1.807, 2.05) is 20.8 Å². The van der Waals surface area contributed by atoms with Gasteiger partial charge in [0.05, 0.1) is 6.54 Å². The van der Waals surface area contributed by atoms with Crippen LogP contribution in [-0.2, 0) is 9.59 Å². The molecule has 0 atom stereocenters. The third kappa shape index (κ3) is 9.53. The van der Waals surface area contributed by atoms with Gasteiger partial charge in [0.1, 0.15) is 0 Å². The van der Waals surface area contributed by atoms with Crippen LogP contribution < -0.4 is 10.6 Å². The van der Waals surface area contributed by atoms with Crippen LogP contribution in [0.1, 0.15) is 33.6 Å².